The molecule has 0 saturated carbocycles. The first-order valence-corrected chi connectivity index (χ1v) is 4.20. The third-order valence-corrected chi connectivity index (χ3v) is 2.19. The van der Waals surface area contributed by atoms with Crippen molar-refractivity contribution in [1.29, 1.82) is 0 Å². The van der Waals surface area contributed by atoms with Crippen LogP contribution in [0.25, 0.3) is 0 Å². The van der Waals surface area contributed by atoms with Gasteiger partial charge in [-0.05, 0) is 35.3 Å². The molecule has 3 heteroatoms. The Kier molecular flexibility index (Phi) is 2.62. The number of aliphatic hydroxyl groups is 1. The van der Waals surface area contributed by atoms with Gasteiger partial charge in [0.1, 0.15) is 0 Å². The summed E-state index contributed by atoms with van der Waals surface area (Å²) < 4.78 is 0.868. The average Bonchev–Trinajstić information content (AvgIpc) is 1.85. The van der Waals surface area contributed by atoms with E-state index in [9.17, 15) is 5.11 Å². The van der Waals surface area contributed by atoms with Gasteiger partial charge >= 0.3 is 0 Å². The number of pyridine rings is 1. The van der Waals surface area contributed by atoms with Gasteiger partial charge in [0.05, 0.1) is 6.10 Å². The minimum atomic E-state index is -0.438. The Morgan fingerprint density at radius 1 is 1.55 bits per heavy atom. The zero-order chi connectivity index (χ0) is 8.43. The second-order valence-electron chi connectivity index (χ2n) is 2.53. The Morgan fingerprint density at radius 3 is 2.55 bits per heavy atom. The molecular formula is C8H10BrNO. The molecule has 0 radical (unpaired) electrons. The number of aryl methyl sites for hydroxylation is 1. The van der Waals surface area contributed by atoms with E-state index < -0.39 is 6.10 Å². The molecule has 0 aliphatic carbocycles. The molecule has 0 aromatic carbocycles. The summed E-state index contributed by atoms with van der Waals surface area (Å²) >= 11 is 3.33. The summed E-state index contributed by atoms with van der Waals surface area (Å²) in [5.41, 5.74) is 1.93. The number of aliphatic hydroxyl groups excluding tert-OH is 1. The second-order valence-corrected chi connectivity index (χ2v) is 3.38. The van der Waals surface area contributed by atoms with Crippen LogP contribution in [0.5, 0.6) is 0 Å². The highest BCUT2D eigenvalue weighted by molar-refractivity contribution is 9.10. The molecule has 0 amide bonds. The number of hydrogen-bond donors (Lipinski definition) is 1. The second kappa shape index (κ2) is 3.32. The van der Waals surface area contributed by atoms with Crippen LogP contribution in [0.2, 0.25) is 0 Å². The van der Waals surface area contributed by atoms with Gasteiger partial charge in [0.2, 0.25) is 0 Å². The molecule has 1 atom stereocenters. The van der Waals surface area contributed by atoms with Crippen LogP contribution in [0.1, 0.15) is 24.2 Å². The van der Waals surface area contributed by atoms with Crippen molar-refractivity contribution >= 4 is 15.9 Å². The first-order chi connectivity index (χ1) is 5.13. The van der Waals surface area contributed by atoms with Gasteiger partial charge in [0, 0.05) is 22.4 Å². The Morgan fingerprint density at radius 2 is 2.18 bits per heavy atom. The van der Waals surface area contributed by atoms with Crippen LogP contribution in [0.15, 0.2) is 16.9 Å². The number of nitrogens with zero attached hydrogens (tertiary/aromatic N) is 1. The topological polar surface area (TPSA) is 33.1 Å². The van der Waals surface area contributed by atoms with Crippen molar-refractivity contribution in [2.75, 3.05) is 0 Å². The van der Waals surface area contributed by atoms with E-state index in [4.69, 9.17) is 0 Å². The fourth-order valence-electron chi connectivity index (χ4n) is 1.07. The van der Waals surface area contributed by atoms with E-state index in [1.807, 2.05) is 6.92 Å². The zero-order valence-electron chi connectivity index (χ0n) is 6.50. The molecule has 0 aliphatic heterocycles. The average molecular weight is 216 g/mol. The van der Waals surface area contributed by atoms with Gasteiger partial charge in [-0.3, -0.25) is 4.98 Å². The van der Waals surface area contributed by atoms with Crippen molar-refractivity contribution in [2.24, 2.45) is 0 Å². The summed E-state index contributed by atoms with van der Waals surface area (Å²) in [5, 5.41) is 9.33. The van der Waals surface area contributed by atoms with Crippen LogP contribution in [-0.2, 0) is 0 Å². The maximum Gasteiger partial charge on any atom is 0.0776 e. The SMILES string of the molecule is Cc1cncc(Br)c1C(C)O. The molecule has 1 N–H and O–H groups in total. The molecule has 0 aliphatic rings. The smallest absolute Gasteiger partial charge is 0.0776 e. The van der Waals surface area contributed by atoms with Crippen LogP contribution in [0, 0.1) is 6.92 Å². The maximum absolute atomic E-state index is 9.33. The molecule has 0 fully saturated rings. The minimum Gasteiger partial charge on any atom is -0.389 e. The lowest BCUT2D eigenvalue weighted by atomic mass is 10.1. The lowest BCUT2D eigenvalue weighted by Gasteiger charge is -2.09. The molecule has 1 aromatic heterocycles. The summed E-state index contributed by atoms with van der Waals surface area (Å²) in [6, 6.07) is 0. The first kappa shape index (κ1) is 8.68. The van der Waals surface area contributed by atoms with Crippen molar-refractivity contribution in [3.8, 4) is 0 Å². The lowest BCUT2D eigenvalue weighted by molar-refractivity contribution is 0.197. The van der Waals surface area contributed by atoms with E-state index >= 15 is 0 Å². The van der Waals surface area contributed by atoms with Crippen molar-refractivity contribution in [3.05, 3.63) is 28.0 Å². The van der Waals surface area contributed by atoms with Gasteiger partial charge in [-0.25, -0.2) is 0 Å². The van der Waals surface area contributed by atoms with Crippen LogP contribution in [-0.4, -0.2) is 10.1 Å². The summed E-state index contributed by atoms with van der Waals surface area (Å²) in [5.74, 6) is 0. The fraction of sp³-hybridized carbons (Fsp3) is 0.375. The van der Waals surface area contributed by atoms with Crippen LogP contribution >= 0.6 is 15.9 Å². The van der Waals surface area contributed by atoms with Crippen molar-refractivity contribution in [3.63, 3.8) is 0 Å². The van der Waals surface area contributed by atoms with E-state index in [-0.39, 0.29) is 0 Å². The molecule has 0 bridgehead atoms. The zero-order valence-corrected chi connectivity index (χ0v) is 8.09. The van der Waals surface area contributed by atoms with Gasteiger partial charge in [-0.15, -0.1) is 0 Å². The monoisotopic (exact) mass is 215 g/mol. The van der Waals surface area contributed by atoms with Crippen LogP contribution in [0.3, 0.4) is 0 Å². The molecular weight excluding hydrogens is 206 g/mol. The van der Waals surface area contributed by atoms with E-state index in [0.29, 0.717) is 0 Å². The third kappa shape index (κ3) is 1.79. The Labute approximate surface area is 74.4 Å². The highest BCUT2D eigenvalue weighted by Crippen LogP contribution is 2.24. The molecule has 11 heavy (non-hydrogen) atoms. The molecule has 2 nitrogen and oxygen atoms in total. The third-order valence-electron chi connectivity index (χ3n) is 1.56. The van der Waals surface area contributed by atoms with E-state index in [1.165, 1.54) is 0 Å². The Balaban J connectivity index is 3.21. The predicted molar refractivity (Wildman–Crippen MR) is 47.3 cm³/mol. The van der Waals surface area contributed by atoms with Crippen LogP contribution in [0.4, 0.5) is 0 Å². The molecule has 1 rings (SSSR count). The quantitative estimate of drug-likeness (QED) is 0.780. The van der Waals surface area contributed by atoms with Crippen LogP contribution < -0.4 is 0 Å². The van der Waals surface area contributed by atoms with E-state index in [2.05, 4.69) is 20.9 Å². The normalized spacial score (nSPS) is 13.1. The molecule has 0 saturated heterocycles. The summed E-state index contributed by atoms with van der Waals surface area (Å²) in [6.07, 6.45) is 2.99. The molecule has 0 spiro atoms. The number of rotatable bonds is 1. The van der Waals surface area contributed by atoms with Crippen molar-refractivity contribution in [1.82, 2.24) is 4.98 Å². The maximum atomic E-state index is 9.33. The molecule has 1 heterocycles. The summed E-state index contributed by atoms with van der Waals surface area (Å²) in [4.78, 5) is 3.97. The lowest BCUT2D eigenvalue weighted by Crippen LogP contribution is -1.96. The fourth-order valence-corrected chi connectivity index (χ4v) is 1.83. The summed E-state index contributed by atoms with van der Waals surface area (Å²) in [7, 11) is 0. The van der Waals surface area contributed by atoms with Gasteiger partial charge in [-0.1, -0.05) is 0 Å². The standard InChI is InChI=1S/C8H10BrNO/c1-5-3-10-4-7(9)8(5)6(2)11/h3-4,6,11H,1-2H3. The van der Waals surface area contributed by atoms with Crippen molar-refractivity contribution in [2.45, 2.75) is 20.0 Å². The molecule has 1 aromatic rings. The van der Waals surface area contributed by atoms with Gasteiger partial charge in [0.15, 0.2) is 0 Å². The van der Waals surface area contributed by atoms with E-state index in [0.717, 1.165) is 15.6 Å². The number of aromatic nitrogens is 1. The highest BCUT2D eigenvalue weighted by Gasteiger charge is 2.08. The number of hydrogen-bond acceptors (Lipinski definition) is 2. The molecule has 60 valence electrons. The largest absolute Gasteiger partial charge is 0.389 e. The minimum absolute atomic E-state index is 0.438. The van der Waals surface area contributed by atoms with Crippen molar-refractivity contribution < 1.29 is 5.11 Å². The first-order valence-electron chi connectivity index (χ1n) is 3.41. The predicted octanol–water partition coefficient (Wildman–Crippen LogP) is 2.21. The summed E-state index contributed by atoms with van der Waals surface area (Å²) in [6.45, 7) is 3.67. The number of halogens is 1. The van der Waals surface area contributed by atoms with Gasteiger partial charge in [0.25, 0.3) is 0 Å². The Hall–Kier alpha value is -0.410. The van der Waals surface area contributed by atoms with Gasteiger partial charge < -0.3 is 5.11 Å². The van der Waals surface area contributed by atoms with Gasteiger partial charge in [-0.2, -0.15) is 0 Å². The highest BCUT2D eigenvalue weighted by atomic mass is 79.9. The van der Waals surface area contributed by atoms with E-state index in [1.54, 1.807) is 19.3 Å². The molecule has 1 unspecified atom stereocenters. The Bertz CT molecular complexity index is 240.